The molecular formula is C15H14ClF4N3O. The molecule has 0 aliphatic rings. The number of alkyl halides is 3. The molecule has 4 nitrogen and oxygen atoms in total. The highest BCUT2D eigenvalue weighted by molar-refractivity contribution is 6.31. The molecule has 1 aromatic carbocycles. The average Bonchev–Trinajstić information content (AvgIpc) is 2.77. The fourth-order valence-corrected chi connectivity index (χ4v) is 2.32. The average molecular weight is 364 g/mol. The Balaban J connectivity index is 2.06. The Hall–Kier alpha value is -2.09. The van der Waals surface area contributed by atoms with Gasteiger partial charge in [0.1, 0.15) is 5.82 Å². The molecule has 0 fully saturated rings. The lowest BCUT2D eigenvalue weighted by molar-refractivity contribution is -0.141. The number of benzene rings is 1. The first kappa shape index (κ1) is 18.3. The third kappa shape index (κ3) is 4.05. The van der Waals surface area contributed by atoms with Gasteiger partial charge in [-0.25, -0.2) is 4.39 Å². The van der Waals surface area contributed by atoms with Gasteiger partial charge in [0.2, 0.25) is 5.91 Å². The van der Waals surface area contributed by atoms with Crippen LogP contribution in [-0.2, 0) is 17.5 Å². The lowest BCUT2D eigenvalue weighted by Crippen LogP contribution is -2.17. The van der Waals surface area contributed by atoms with E-state index in [1.165, 1.54) is 19.1 Å². The number of anilines is 1. The Morgan fingerprint density at radius 2 is 2.00 bits per heavy atom. The van der Waals surface area contributed by atoms with Gasteiger partial charge in [-0.1, -0.05) is 17.7 Å². The largest absolute Gasteiger partial charge is 0.436 e. The third-order valence-corrected chi connectivity index (χ3v) is 3.80. The molecule has 1 aromatic heterocycles. The SMILES string of the molecule is Cc1ccc(F)c(NC(=O)CCn2nc(C(F)(F)F)c(Cl)c2C)c1. The summed E-state index contributed by atoms with van der Waals surface area (Å²) < 4.78 is 52.8. The molecule has 24 heavy (non-hydrogen) atoms. The zero-order valence-electron chi connectivity index (χ0n) is 12.8. The summed E-state index contributed by atoms with van der Waals surface area (Å²) in [4.78, 5) is 11.9. The van der Waals surface area contributed by atoms with Gasteiger partial charge in [-0.15, -0.1) is 0 Å². The van der Waals surface area contributed by atoms with E-state index >= 15 is 0 Å². The van der Waals surface area contributed by atoms with E-state index in [0.717, 1.165) is 10.2 Å². The molecule has 1 heterocycles. The fraction of sp³-hybridized carbons (Fsp3) is 0.333. The second kappa shape index (κ2) is 6.80. The van der Waals surface area contributed by atoms with Crippen molar-refractivity contribution in [1.82, 2.24) is 9.78 Å². The van der Waals surface area contributed by atoms with E-state index in [0.29, 0.717) is 0 Å². The topological polar surface area (TPSA) is 46.9 Å². The van der Waals surface area contributed by atoms with Gasteiger partial charge in [0.25, 0.3) is 0 Å². The van der Waals surface area contributed by atoms with Gasteiger partial charge in [0, 0.05) is 6.42 Å². The van der Waals surface area contributed by atoms with Crippen molar-refractivity contribution in [2.24, 2.45) is 0 Å². The summed E-state index contributed by atoms with van der Waals surface area (Å²) in [6.07, 6.45) is -4.84. The summed E-state index contributed by atoms with van der Waals surface area (Å²) in [6.45, 7) is 3.01. The number of carbonyl (C=O) groups excluding carboxylic acids is 1. The van der Waals surface area contributed by atoms with Crippen molar-refractivity contribution in [3.63, 3.8) is 0 Å². The minimum atomic E-state index is -4.67. The molecule has 130 valence electrons. The van der Waals surface area contributed by atoms with Crippen LogP contribution in [0.1, 0.15) is 23.4 Å². The van der Waals surface area contributed by atoms with Crippen molar-refractivity contribution in [2.45, 2.75) is 33.0 Å². The molecule has 0 aliphatic carbocycles. The predicted molar refractivity (Wildman–Crippen MR) is 81.4 cm³/mol. The molecule has 1 N–H and O–H groups in total. The van der Waals surface area contributed by atoms with Crippen LogP contribution >= 0.6 is 11.6 Å². The van der Waals surface area contributed by atoms with E-state index < -0.39 is 28.6 Å². The Morgan fingerprint density at radius 3 is 2.58 bits per heavy atom. The maximum Gasteiger partial charge on any atom is 0.436 e. The minimum Gasteiger partial charge on any atom is -0.324 e. The van der Waals surface area contributed by atoms with Crippen molar-refractivity contribution in [3.8, 4) is 0 Å². The molecule has 0 radical (unpaired) electrons. The molecule has 2 rings (SSSR count). The summed E-state index contributed by atoms with van der Waals surface area (Å²) >= 11 is 5.63. The van der Waals surface area contributed by atoms with Crippen molar-refractivity contribution in [2.75, 3.05) is 5.32 Å². The minimum absolute atomic E-state index is 0.0196. The fourth-order valence-electron chi connectivity index (χ4n) is 2.08. The van der Waals surface area contributed by atoms with Gasteiger partial charge < -0.3 is 5.32 Å². The summed E-state index contributed by atoms with van der Waals surface area (Å²) in [6, 6.07) is 4.24. The first-order valence-corrected chi connectivity index (χ1v) is 7.33. The lowest BCUT2D eigenvalue weighted by atomic mass is 10.2. The van der Waals surface area contributed by atoms with Crippen LogP contribution in [0.5, 0.6) is 0 Å². The molecular weight excluding hydrogens is 350 g/mol. The van der Waals surface area contributed by atoms with Crippen molar-refractivity contribution in [3.05, 3.63) is 46.0 Å². The quantitative estimate of drug-likeness (QED) is 0.821. The third-order valence-electron chi connectivity index (χ3n) is 3.35. The van der Waals surface area contributed by atoms with Crippen LogP contribution in [0.2, 0.25) is 5.02 Å². The number of hydrogen-bond acceptors (Lipinski definition) is 2. The standard InChI is InChI=1S/C15H14ClF4N3O/c1-8-3-4-10(17)11(7-8)21-12(24)5-6-23-9(2)13(16)14(22-23)15(18,19)20/h3-4,7H,5-6H2,1-2H3,(H,21,24). The Labute approximate surface area is 140 Å². The molecule has 0 unspecified atom stereocenters. The Morgan fingerprint density at radius 1 is 1.33 bits per heavy atom. The van der Waals surface area contributed by atoms with E-state index in [1.807, 2.05) is 0 Å². The predicted octanol–water partition coefficient (Wildman–Crippen LogP) is 4.34. The summed E-state index contributed by atoms with van der Waals surface area (Å²) in [5.74, 6) is -1.13. The molecule has 2 aromatic rings. The van der Waals surface area contributed by atoms with Crippen LogP contribution in [-0.4, -0.2) is 15.7 Å². The van der Waals surface area contributed by atoms with E-state index in [2.05, 4.69) is 10.4 Å². The van der Waals surface area contributed by atoms with Crippen LogP contribution in [0, 0.1) is 19.7 Å². The van der Waals surface area contributed by atoms with Gasteiger partial charge in [0.05, 0.1) is 22.9 Å². The monoisotopic (exact) mass is 363 g/mol. The molecule has 0 aliphatic heterocycles. The number of carbonyl (C=O) groups is 1. The molecule has 0 atom stereocenters. The number of hydrogen-bond donors (Lipinski definition) is 1. The zero-order valence-corrected chi connectivity index (χ0v) is 13.6. The number of halogens is 5. The number of amides is 1. The van der Waals surface area contributed by atoms with Crippen LogP contribution in [0.15, 0.2) is 18.2 Å². The van der Waals surface area contributed by atoms with Crippen molar-refractivity contribution >= 4 is 23.2 Å². The lowest BCUT2D eigenvalue weighted by Gasteiger charge is -2.08. The van der Waals surface area contributed by atoms with Crippen LogP contribution < -0.4 is 5.32 Å². The number of nitrogens with zero attached hydrogens (tertiary/aromatic N) is 2. The zero-order chi connectivity index (χ0) is 18.1. The second-order valence-electron chi connectivity index (χ2n) is 5.25. The normalized spacial score (nSPS) is 11.6. The maximum atomic E-state index is 13.6. The molecule has 0 spiro atoms. The van der Waals surface area contributed by atoms with Gasteiger partial charge in [-0.2, -0.15) is 18.3 Å². The molecule has 1 amide bonds. The highest BCUT2D eigenvalue weighted by Crippen LogP contribution is 2.35. The second-order valence-corrected chi connectivity index (χ2v) is 5.63. The van der Waals surface area contributed by atoms with Crippen LogP contribution in [0.3, 0.4) is 0 Å². The van der Waals surface area contributed by atoms with Crippen molar-refractivity contribution < 1.29 is 22.4 Å². The Kier molecular flexibility index (Phi) is 5.17. The molecule has 9 heteroatoms. The van der Waals surface area contributed by atoms with Gasteiger partial charge in [-0.3, -0.25) is 9.48 Å². The van der Waals surface area contributed by atoms with E-state index in [9.17, 15) is 22.4 Å². The summed E-state index contributed by atoms with van der Waals surface area (Å²) in [5, 5.41) is 5.29. The smallest absolute Gasteiger partial charge is 0.324 e. The molecule has 0 saturated heterocycles. The Bertz CT molecular complexity index is 771. The highest BCUT2D eigenvalue weighted by Gasteiger charge is 2.38. The van der Waals surface area contributed by atoms with Gasteiger partial charge in [-0.05, 0) is 31.5 Å². The summed E-state index contributed by atoms with van der Waals surface area (Å²) in [5.41, 5.74) is -0.298. The van der Waals surface area contributed by atoms with Crippen molar-refractivity contribution in [1.29, 1.82) is 0 Å². The highest BCUT2D eigenvalue weighted by atomic mass is 35.5. The first-order valence-electron chi connectivity index (χ1n) is 6.95. The number of rotatable bonds is 4. The number of nitrogens with one attached hydrogen (secondary N) is 1. The van der Waals surface area contributed by atoms with Gasteiger partial charge in [0.15, 0.2) is 5.69 Å². The molecule has 0 saturated carbocycles. The maximum absolute atomic E-state index is 13.6. The van der Waals surface area contributed by atoms with E-state index in [1.54, 1.807) is 13.0 Å². The van der Waals surface area contributed by atoms with Gasteiger partial charge >= 0.3 is 6.18 Å². The van der Waals surface area contributed by atoms with Crippen LogP contribution in [0.25, 0.3) is 0 Å². The number of aromatic nitrogens is 2. The molecule has 0 bridgehead atoms. The summed E-state index contributed by atoms with van der Waals surface area (Å²) in [7, 11) is 0. The van der Waals surface area contributed by atoms with Crippen LogP contribution in [0.4, 0.5) is 23.2 Å². The van der Waals surface area contributed by atoms with E-state index in [-0.39, 0.29) is 24.3 Å². The van der Waals surface area contributed by atoms with E-state index in [4.69, 9.17) is 11.6 Å². The first-order chi connectivity index (χ1) is 11.1. The number of aryl methyl sites for hydroxylation is 2.